The maximum Gasteiger partial charge on any atom is 0.228 e. The number of benzene rings is 2. The van der Waals surface area contributed by atoms with Gasteiger partial charge in [0.15, 0.2) is 0 Å². The molecule has 2 aromatic rings. The quantitative estimate of drug-likeness (QED) is 0.893. The molecule has 2 aromatic carbocycles. The van der Waals surface area contributed by atoms with Crippen molar-refractivity contribution in [3.8, 4) is 0 Å². The standard InChI is InChI=1S/C16H13Cl2NO/c17-12-6-4-10(5-7-12)15-14(9-19-16(15)20)11-2-1-3-13(18)8-11/h1-8,14-15H,9H2,(H,19,20)/t14-,15-/m0/s1. The molecule has 4 heteroatoms. The minimum Gasteiger partial charge on any atom is -0.355 e. The molecular formula is C16H13Cl2NO. The Morgan fingerprint density at radius 1 is 0.950 bits per heavy atom. The second kappa shape index (κ2) is 5.47. The molecule has 102 valence electrons. The number of carbonyl (C=O) groups is 1. The summed E-state index contributed by atoms with van der Waals surface area (Å²) in [5.74, 6) is -0.0367. The Hall–Kier alpha value is -1.51. The smallest absolute Gasteiger partial charge is 0.228 e. The van der Waals surface area contributed by atoms with Crippen molar-refractivity contribution in [2.45, 2.75) is 11.8 Å². The Balaban J connectivity index is 1.98. The van der Waals surface area contributed by atoms with E-state index in [-0.39, 0.29) is 17.7 Å². The number of halogens is 2. The van der Waals surface area contributed by atoms with Crippen molar-refractivity contribution in [1.82, 2.24) is 5.32 Å². The van der Waals surface area contributed by atoms with Gasteiger partial charge in [0.1, 0.15) is 0 Å². The molecule has 2 nitrogen and oxygen atoms in total. The van der Waals surface area contributed by atoms with Crippen LogP contribution in [0.15, 0.2) is 48.5 Å². The van der Waals surface area contributed by atoms with Crippen molar-refractivity contribution in [3.05, 3.63) is 69.7 Å². The Morgan fingerprint density at radius 3 is 2.40 bits per heavy atom. The van der Waals surface area contributed by atoms with E-state index in [2.05, 4.69) is 5.32 Å². The fourth-order valence-corrected chi connectivity index (χ4v) is 3.05. The Kier molecular flexibility index (Phi) is 3.68. The number of hydrogen-bond donors (Lipinski definition) is 1. The van der Waals surface area contributed by atoms with Crippen molar-refractivity contribution in [2.75, 3.05) is 6.54 Å². The molecule has 20 heavy (non-hydrogen) atoms. The van der Waals surface area contributed by atoms with Gasteiger partial charge < -0.3 is 5.32 Å². The highest BCUT2D eigenvalue weighted by atomic mass is 35.5. The molecule has 0 bridgehead atoms. The molecule has 1 saturated heterocycles. The second-order valence-corrected chi connectivity index (χ2v) is 5.81. The van der Waals surface area contributed by atoms with Crippen LogP contribution in [-0.2, 0) is 4.79 Å². The number of amides is 1. The third-order valence-electron chi connectivity index (χ3n) is 3.69. The Labute approximate surface area is 127 Å². The summed E-state index contributed by atoms with van der Waals surface area (Å²) < 4.78 is 0. The van der Waals surface area contributed by atoms with Crippen LogP contribution in [0.5, 0.6) is 0 Å². The predicted octanol–water partition coefficient (Wildman–Crippen LogP) is 3.99. The van der Waals surface area contributed by atoms with Crippen LogP contribution in [-0.4, -0.2) is 12.5 Å². The SMILES string of the molecule is O=C1NC[C@@H](c2cccc(Cl)c2)[C@@H]1c1ccc(Cl)cc1. The van der Waals surface area contributed by atoms with Gasteiger partial charge in [-0.2, -0.15) is 0 Å². The van der Waals surface area contributed by atoms with Crippen LogP contribution in [0.4, 0.5) is 0 Å². The maximum atomic E-state index is 12.2. The molecule has 0 saturated carbocycles. The first kappa shape index (κ1) is 13.5. The molecule has 1 heterocycles. The van der Waals surface area contributed by atoms with Gasteiger partial charge in [-0.05, 0) is 35.4 Å². The average molecular weight is 306 g/mol. The molecule has 0 aromatic heterocycles. The molecule has 1 aliphatic rings. The fourth-order valence-electron chi connectivity index (χ4n) is 2.72. The molecule has 0 spiro atoms. The fraction of sp³-hybridized carbons (Fsp3) is 0.188. The Morgan fingerprint density at radius 2 is 1.70 bits per heavy atom. The van der Waals surface area contributed by atoms with Crippen molar-refractivity contribution < 1.29 is 4.79 Å². The zero-order valence-electron chi connectivity index (χ0n) is 10.6. The van der Waals surface area contributed by atoms with Gasteiger partial charge >= 0.3 is 0 Å². The summed E-state index contributed by atoms with van der Waals surface area (Å²) in [6, 6.07) is 15.2. The van der Waals surface area contributed by atoms with Crippen LogP contribution in [0.3, 0.4) is 0 Å². The van der Waals surface area contributed by atoms with Gasteiger partial charge in [-0.25, -0.2) is 0 Å². The first-order chi connectivity index (χ1) is 9.65. The first-order valence-electron chi connectivity index (χ1n) is 6.44. The van der Waals surface area contributed by atoms with E-state index in [9.17, 15) is 4.79 Å². The predicted molar refractivity (Wildman–Crippen MR) is 81.4 cm³/mol. The summed E-state index contributed by atoms with van der Waals surface area (Å²) in [5, 5.41) is 4.30. The maximum absolute atomic E-state index is 12.2. The largest absolute Gasteiger partial charge is 0.355 e. The van der Waals surface area contributed by atoms with Gasteiger partial charge in [-0.15, -0.1) is 0 Å². The highest BCUT2D eigenvalue weighted by Crippen LogP contribution is 2.37. The average Bonchev–Trinajstić information content (AvgIpc) is 2.82. The molecule has 3 rings (SSSR count). The summed E-state index contributed by atoms with van der Waals surface area (Å²) in [5.41, 5.74) is 2.06. The zero-order chi connectivity index (χ0) is 14.1. The van der Waals surface area contributed by atoms with E-state index in [0.717, 1.165) is 11.1 Å². The summed E-state index contributed by atoms with van der Waals surface area (Å²) in [7, 11) is 0. The molecule has 1 amide bonds. The molecule has 1 aliphatic heterocycles. The number of hydrogen-bond acceptors (Lipinski definition) is 1. The van der Waals surface area contributed by atoms with E-state index >= 15 is 0 Å². The van der Waals surface area contributed by atoms with Crippen LogP contribution in [0.1, 0.15) is 23.0 Å². The third kappa shape index (κ3) is 2.54. The lowest BCUT2D eigenvalue weighted by Gasteiger charge is -2.18. The van der Waals surface area contributed by atoms with E-state index in [4.69, 9.17) is 23.2 Å². The first-order valence-corrected chi connectivity index (χ1v) is 7.19. The van der Waals surface area contributed by atoms with Gasteiger partial charge in [0, 0.05) is 22.5 Å². The van der Waals surface area contributed by atoms with Crippen LogP contribution in [0.25, 0.3) is 0 Å². The van der Waals surface area contributed by atoms with E-state index < -0.39 is 0 Å². The minimum absolute atomic E-state index is 0.0531. The summed E-state index contributed by atoms with van der Waals surface area (Å²) in [6.07, 6.45) is 0. The lowest BCUT2D eigenvalue weighted by Crippen LogP contribution is -2.18. The number of carbonyl (C=O) groups excluding carboxylic acids is 1. The van der Waals surface area contributed by atoms with Crippen LogP contribution in [0.2, 0.25) is 10.0 Å². The lowest BCUT2D eigenvalue weighted by molar-refractivity contribution is -0.120. The number of nitrogens with one attached hydrogen (secondary N) is 1. The second-order valence-electron chi connectivity index (χ2n) is 4.94. The van der Waals surface area contributed by atoms with Gasteiger partial charge in [0.2, 0.25) is 5.91 Å². The normalized spacial score (nSPS) is 21.8. The van der Waals surface area contributed by atoms with Gasteiger partial charge in [0.05, 0.1) is 5.92 Å². The molecule has 0 unspecified atom stereocenters. The molecule has 0 radical (unpaired) electrons. The van der Waals surface area contributed by atoms with E-state index in [1.807, 2.05) is 48.5 Å². The van der Waals surface area contributed by atoms with Crippen molar-refractivity contribution in [2.24, 2.45) is 0 Å². The lowest BCUT2D eigenvalue weighted by atomic mass is 9.84. The molecular weight excluding hydrogens is 293 g/mol. The van der Waals surface area contributed by atoms with Crippen molar-refractivity contribution in [1.29, 1.82) is 0 Å². The summed E-state index contributed by atoms with van der Waals surface area (Å²) in [6.45, 7) is 0.631. The Bertz CT molecular complexity index is 639. The van der Waals surface area contributed by atoms with E-state index in [0.29, 0.717) is 16.6 Å². The van der Waals surface area contributed by atoms with E-state index in [1.54, 1.807) is 0 Å². The van der Waals surface area contributed by atoms with Gasteiger partial charge in [-0.3, -0.25) is 4.79 Å². The third-order valence-corrected chi connectivity index (χ3v) is 4.17. The topological polar surface area (TPSA) is 29.1 Å². The van der Waals surface area contributed by atoms with Crippen LogP contribution >= 0.6 is 23.2 Å². The van der Waals surface area contributed by atoms with Crippen molar-refractivity contribution >= 4 is 29.1 Å². The molecule has 2 atom stereocenters. The van der Waals surface area contributed by atoms with E-state index in [1.165, 1.54) is 0 Å². The zero-order valence-corrected chi connectivity index (χ0v) is 12.2. The van der Waals surface area contributed by atoms with Crippen LogP contribution in [0, 0.1) is 0 Å². The molecule has 0 aliphatic carbocycles. The highest BCUT2D eigenvalue weighted by molar-refractivity contribution is 6.30. The summed E-state index contributed by atoms with van der Waals surface area (Å²) in [4.78, 5) is 12.2. The summed E-state index contributed by atoms with van der Waals surface area (Å²) >= 11 is 12.0. The molecule has 1 fully saturated rings. The van der Waals surface area contributed by atoms with Crippen LogP contribution < -0.4 is 5.32 Å². The number of rotatable bonds is 2. The minimum atomic E-state index is -0.189. The van der Waals surface area contributed by atoms with Crippen molar-refractivity contribution in [3.63, 3.8) is 0 Å². The monoisotopic (exact) mass is 305 g/mol. The molecule has 1 N–H and O–H groups in total. The van der Waals surface area contributed by atoms with Gasteiger partial charge in [0.25, 0.3) is 0 Å². The highest BCUT2D eigenvalue weighted by Gasteiger charge is 2.36. The van der Waals surface area contributed by atoms with Gasteiger partial charge in [-0.1, -0.05) is 47.5 Å².